The minimum Gasteiger partial charge on any atom is -0.507 e. The summed E-state index contributed by atoms with van der Waals surface area (Å²) < 4.78 is 27.6. The Balaban J connectivity index is 2.66. The van der Waals surface area contributed by atoms with Gasteiger partial charge in [0.1, 0.15) is 17.4 Å². The number of hydrogen-bond donors (Lipinski definition) is 2. The van der Waals surface area contributed by atoms with Crippen molar-refractivity contribution >= 4 is 21.9 Å². The molecule has 2 aromatic carbocycles. The third-order valence-corrected chi connectivity index (χ3v) is 3.17. The van der Waals surface area contributed by atoms with Gasteiger partial charge in [0.2, 0.25) is 0 Å². The van der Waals surface area contributed by atoms with Crippen molar-refractivity contribution in [3.63, 3.8) is 0 Å². The van der Waals surface area contributed by atoms with Gasteiger partial charge in [-0.3, -0.25) is 0 Å². The number of phenols is 1. The van der Waals surface area contributed by atoms with Crippen LogP contribution in [0.25, 0.3) is 11.1 Å². The van der Waals surface area contributed by atoms with E-state index < -0.39 is 28.9 Å². The molecule has 2 aromatic rings. The van der Waals surface area contributed by atoms with Crippen LogP contribution in [0.2, 0.25) is 0 Å². The number of carboxylic acids is 1. The second kappa shape index (κ2) is 4.97. The highest BCUT2D eigenvalue weighted by Gasteiger charge is 2.18. The molecule has 0 radical (unpaired) electrons. The maximum atomic E-state index is 13.9. The summed E-state index contributed by atoms with van der Waals surface area (Å²) >= 11 is 2.92. The first-order valence-electron chi connectivity index (χ1n) is 5.12. The highest BCUT2D eigenvalue weighted by Crippen LogP contribution is 2.36. The molecule has 19 heavy (non-hydrogen) atoms. The standard InChI is InChI=1S/C13H7BrF2O3/c14-8-3-4-9(15)11(12(8)16)7-2-1-6(13(18)19)5-10(7)17/h1-5,17H,(H,18,19). The van der Waals surface area contributed by atoms with Crippen LogP contribution in [-0.2, 0) is 0 Å². The summed E-state index contributed by atoms with van der Waals surface area (Å²) in [7, 11) is 0. The number of aromatic carboxylic acids is 1. The smallest absolute Gasteiger partial charge is 0.335 e. The van der Waals surface area contributed by atoms with Gasteiger partial charge in [0.05, 0.1) is 15.6 Å². The first kappa shape index (κ1) is 13.5. The van der Waals surface area contributed by atoms with Crippen molar-refractivity contribution in [2.24, 2.45) is 0 Å². The average molecular weight is 329 g/mol. The molecule has 0 fully saturated rings. The maximum absolute atomic E-state index is 13.9. The summed E-state index contributed by atoms with van der Waals surface area (Å²) in [5.41, 5.74) is -0.692. The summed E-state index contributed by atoms with van der Waals surface area (Å²) in [5, 5.41) is 18.5. The van der Waals surface area contributed by atoms with Crippen LogP contribution in [0, 0.1) is 11.6 Å². The van der Waals surface area contributed by atoms with Crippen molar-refractivity contribution < 1.29 is 23.8 Å². The first-order valence-corrected chi connectivity index (χ1v) is 5.91. The van der Waals surface area contributed by atoms with Gasteiger partial charge < -0.3 is 10.2 Å². The van der Waals surface area contributed by atoms with Crippen LogP contribution in [0.15, 0.2) is 34.8 Å². The van der Waals surface area contributed by atoms with Crippen molar-refractivity contribution in [3.05, 3.63) is 52.0 Å². The number of phenolic OH excluding ortho intramolecular Hbond substituents is 1. The lowest BCUT2D eigenvalue weighted by Crippen LogP contribution is -1.97. The Bertz CT molecular complexity index is 671. The van der Waals surface area contributed by atoms with E-state index >= 15 is 0 Å². The lowest BCUT2D eigenvalue weighted by Gasteiger charge is -2.09. The van der Waals surface area contributed by atoms with Crippen molar-refractivity contribution in [2.75, 3.05) is 0 Å². The summed E-state index contributed by atoms with van der Waals surface area (Å²) in [5.74, 6) is -3.45. The fraction of sp³-hybridized carbons (Fsp3) is 0. The molecule has 0 aliphatic rings. The molecule has 2 N–H and O–H groups in total. The van der Waals surface area contributed by atoms with E-state index in [9.17, 15) is 18.7 Å². The number of benzene rings is 2. The molecule has 2 rings (SSSR count). The van der Waals surface area contributed by atoms with E-state index in [1.54, 1.807) is 0 Å². The van der Waals surface area contributed by atoms with Crippen LogP contribution in [-0.4, -0.2) is 16.2 Å². The number of halogens is 3. The second-order valence-electron chi connectivity index (χ2n) is 3.76. The van der Waals surface area contributed by atoms with E-state index in [-0.39, 0.29) is 15.6 Å². The zero-order valence-corrected chi connectivity index (χ0v) is 10.9. The number of aromatic hydroxyl groups is 1. The van der Waals surface area contributed by atoms with Crippen LogP contribution < -0.4 is 0 Å². The van der Waals surface area contributed by atoms with Crippen LogP contribution >= 0.6 is 15.9 Å². The molecule has 0 unspecified atom stereocenters. The maximum Gasteiger partial charge on any atom is 0.335 e. The lowest BCUT2D eigenvalue weighted by molar-refractivity contribution is 0.0696. The molecule has 0 amide bonds. The summed E-state index contributed by atoms with van der Waals surface area (Å²) in [6.45, 7) is 0. The zero-order chi connectivity index (χ0) is 14.2. The highest BCUT2D eigenvalue weighted by molar-refractivity contribution is 9.10. The fourth-order valence-electron chi connectivity index (χ4n) is 1.65. The Morgan fingerprint density at radius 1 is 1.16 bits per heavy atom. The Labute approximate surface area is 115 Å². The molecule has 0 aromatic heterocycles. The fourth-order valence-corrected chi connectivity index (χ4v) is 1.98. The predicted octanol–water partition coefficient (Wildman–Crippen LogP) is 3.80. The summed E-state index contributed by atoms with van der Waals surface area (Å²) in [6, 6.07) is 5.52. The topological polar surface area (TPSA) is 57.5 Å². The van der Waals surface area contributed by atoms with Gasteiger partial charge in [0.15, 0.2) is 0 Å². The van der Waals surface area contributed by atoms with Gasteiger partial charge in [-0.15, -0.1) is 0 Å². The van der Waals surface area contributed by atoms with E-state index in [2.05, 4.69) is 15.9 Å². The van der Waals surface area contributed by atoms with E-state index in [0.717, 1.165) is 24.3 Å². The third-order valence-electron chi connectivity index (χ3n) is 2.56. The molecule has 0 atom stereocenters. The molecule has 0 saturated heterocycles. The van der Waals surface area contributed by atoms with Crippen LogP contribution in [0.4, 0.5) is 8.78 Å². The van der Waals surface area contributed by atoms with Crippen LogP contribution in [0.3, 0.4) is 0 Å². The number of rotatable bonds is 2. The van der Waals surface area contributed by atoms with Gasteiger partial charge in [-0.1, -0.05) is 0 Å². The van der Waals surface area contributed by atoms with Crippen molar-refractivity contribution in [1.82, 2.24) is 0 Å². The largest absolute Gasteiger partial charge is 0.507 e. The SMILES string of the molecule is O=C(O)c1ccc(-c2c(F)ccc(Br)c2F)c(O)c1. The molecule has 98 valence electrons. The molecule has 0 heterocycles. The molecule has 0 saturated carbocycles. The monoisotopic (exact) mass is 328 g/mol. The van der Waals surface area contributed by atoms with E-state index in [0.29, 0.717) is 0 Å². The molecular formula is C13H7BrF2O3. The van der Waals surface area contributed by atoms with Gasteiger partial charge in [-0.2, -0.15) is 0 Å². The molecule has 0 aliphatic heterocycles. The average Bonchev–Trinajstić information content (AvgIpc) is 2.36. The number of carbonyl (C=O) groups is 1. The number of hydrogen-bond acceptors (Lipinski definition) is 2. The van der Waals surface area contributed by atoms with Gasteiger partial charge in [0, 0.05) is 5.56 Å². The quantitative estimate of drug-likeness (QED) is 0.824. The number of carboxylic acid groups (broad SMARTS) is 1. The molecule has 6 heteroatoms. The van der Waals surface area contributed by atoms with Crippen molar-refractivity contribution in [2.45, 2.75) is 0 Å². The molecule has 0 bridgehead atoms. The molecular weight excluding hydrogens is 322 g/mol. The first-order chi connectivity index (χ1) is 8.91. The van der Waals surface area contributed by atoms with Gasteiger partial charge in [0.25, 0.3) is 0 Å². The zero-order valence-electron chi connectivity index (χ0n) is 9.32. The summed E-state index contributed by atoms with van der Waals surface area (Å²) in [6.07, 6.45) is 0. The van der Waals surface area contributed by atoms with Gasteiger partial charge in [-0.05, 0) is 46.3 Å². The minimum absolute atomic E-state index is 0.0469. The molecule has 0 aliphatic carbocycles. The predicted molar refractivity (Wildman–Crippen MR) is 68.1 cm³/mol. The van der Waals surface area contributed by atoms with Crippen molar-refractivity contribution in [1.29, 1.82) is 0 Å². The van der Waals surface area contributed by atoms with Crippen molar-refractivity contribution in [3.8, 4) is 16.9 Å². The second-order valence-corrected chi connectivity index (χ2v) is 4.61. The van der Waals surface area contributed by atoms with Crippen LogP contribution in [0.1, 0.15) is 10.4 Å². The Hall–Kier alpha value is -1.95. The summed E-state index contributed by atoms with van der Waals surface area (Å²) in [4.78, 5) is 10.7. The molecule has 3 nitrogen and oxygen atoms in total. The van der Waals surface area contributed by atoms with E-state index in [1.807, 2.05) is 0 Å². The molecule has 0 spiro atoms. The van der Waals surface area contributed by atoms with E-state index in [4.69, 9.17) is 5.11 Å². The van der Waals surface area contributed by atoms with Gasteiger partial charge in [-0.25, -0.2) is 13.6 Å². The van der Waals surface area contributed by atoms with Crippen LogP contribution in [0.5, 0.6) is 5.75 Å². The normalized spacial score (nSPS) is 10.5. The Morgan fingerprint density at radius 2 is 1.84 bits per heavy atom. The third kappa shape index (κ3) is 2.44. The highest BCUT2D eigenvalue weighted by atomic mass is 79.9. The van der Waals surface area contributed by atoms with Gasteiger partial charge >= 0.3 is 5.97 Å². The lowest BCUT2D eigenvalue weighted by atomic mass is 10.0. The Morgan fingerprint density at radius 3 is 2.42 bits per heavy atom. The minimum atomic E-state index is -1.24. The Kier molecular flexibility index (Phi) is 3.53. The van der Waals surface area contributed by atoms with E-state index in [1.165, 1.54) is 6.07 Å².